The van der Waals surface area contributed by atoms with Gasteiger partial charge in [0.15, 0.2) is 0 Å². The summed E-state index contributed by atoms with van der Waals surface area (Å²) >= 11 is 0. The van der Waals surface area contributed by atoms with Gasteiger partial charge in [0.2, 0.25) is 5.96 Å². The highest BCUT2D eigenvalue weighted by Gasteiger charge is 2.33. The highest BCUT2D eigenvalue weighted by Crippen LogP contribution is 2.32. The maximum atomic E-state index is 12.7. The molecular formula is C24H25F2N9. The molecule has 2 unspecified atom stereocenters. The van der Waals surface area contributed by atoms with Crippen molar-refractivity contribution in [1.29, 1.82) is 10.5 Å². The Morgan fingerprint density at radius 1 is 1.23 bits per heavy atom. The van der Waals surface area contributed by atoms with E-state index in [1.807, 2.05) is 24.5 Å². The number of rotatable bonds is 5. The van der Waals surface area contributed by atoms with E-state index in [0.29, 0.717) is 17.2 Å². The van der Waals surface area contributed by atoms with E-state index in [1.165, 1.54) is 5.01 Å². The molecule has 1 fully saturated rings. The maximum absolute atomic E-state index is 12.7. The van der Waals surface area contributed by atoms with E-state index in [9.17, 15) is 19.3 Å². The Bertz CT molecular complexity index is 1270. The van der Waals surface area contributed by atoms with Gasteiger partial charge in [0, 0.05) is 24.8 Å². The first-order valence-electron chi connectivity index (χ1n) is 11.8. The lowest BCUT2D eigenvalue weighted by Crippen LogP contribution is -2.42. The number of halogens is 2. The zero-order valence-corrected chi connectivity index (χ0v) is 19.1. The average Bonchev–Trinajstić information content (AvgIpc) is 3.51. The van der Waals surface area contributed by atoms with Crippen molar-refractivity contribution in [2.45, 2.75) is 44.2 Å². The summed E-state index contributed by atoms with van der Waals surface area (Å²) in [7, 11) is 0. The number of guanidine groups is 1. The van der Waals surface area contributed by atoms with Crippen LogP contribution >= 0.6 is 0 Å². The number of para-hydroxylation sites is 1. The molecule has 0 spiro atoms. The third-order valence-corrected chi connectivity index (χ3v) is 6.81. The summed E-state index contributed by atoms with van der Waals surface area (Å²) < 4.78 is 27.6. The SMILES string of the molecule is N#Cc1cccc2ncn([C@H]3CCC[C@@H](NC4=NCC(C#N)C(C5C=NN(CC(F)F)C5)=N4)C3)c12. The summed E-state index contributed by atoms with van der Waals surface area (Å²) in [6.07, 6.45) is 4.70. The van der Waals surface area contributed by atoms with Gasteiger partial charge in [-0.15, -0.1) is 0 Å². The van der Waals surface area contributed by atoms with Gasteiger partial charge in [-0.25, -0.2) is 23.7 Å². The van der Waals surface area contributed by atoms with Crippen molar-refractivity contribution in [3.8, 4) is 12.1 Å². The number of alkyl halides is 2. The van der Waals surface area contributed by atoms with E-state index in [2.05, 4.69) is 42.1 Å². The Balaban J connectivity index is 1.30. The Kier molecular flexibility index (Phi) is 6.41. The summed E-state index contributed by atoms with van der Waals surface area (Å²) in [5.41, 5.74) is 2.91. The van der Waals surface area contributed by atoms with Gasteiger partial charge in [-0.1, -0.05) is 6.07 Å². The van der Waals surface area contributed by atoms with Gasteiger partial charge in [0.25, 0.3) is 6.43 Å². The van der Waals surface area contributed by atoms with Crippen molar-refractivity contribution in [2.24, 2.45) is 26.9 Å². The topological polar surface area (TPSA) is 118 Å². The fourth-order valence-corrected chi connectivity index (χ4v) is 5.17. The molecule has 1 aromatic heterocycles. The molecule has 0 radical (unpaired) electrons. The Labute approximate surface area is 201 Å². The molecule has 0 bridgehead atoms. The van der Waals surface area contributed by atoms with Gasteiger partial charge in [0.1, 0.15) is 12.0 Å². The number of aliphatic imine (C=N–C) groups is 2. The van der Waals surface area contributed by atoms with Crippen molar-refractivity contribution in [3.05, 3.63) is 30.1 Å². The number of nitriles is 2. The Hall–Kier alpha value is -3.86. The number of imidazole rings is 1. The van der Waals surface area contributed by atoms with Crippen LogP contribution in [-0.2, 0) is 0 Å². The monoisotopic (exact) mass is 477 g/mol. The number of hydrogen-bond donors (Lipinski definition) is 1. The lowest BCUT2D eigenvalue weighted by Gasteiger charge is -2.32. The standard InChI is InChI=1S/C24H25F2N9/c25-21(26)13-34-12-17(11-31-34)22-16(9-28)10-29-24(33-22)32-18-4-2-5-19(7-18)35-14-30-20-6-1-3-15(8-27)23(20)35/h1,3,6,11,14,16-19,21H,2,4-5,7,10,12-13H2,(H,29,32)/t16?,17?,18-,19+/m1/s1. The third kappa shape index (κ3) is 4.72. The van der Waals surface area contributed by atoms with E-state index in [0.717, 1.165) is 36.7 Å². The number of benzene rings is 1. The highest BCUT2D eigenvalue weighted by molar-refractivity contribution is 6.09. The van der Waals surface area contributed by atoms with Gasteiger partial charge >= 0.3 is 0 Å². The van der Waals surface area contributed by atoms with Crippen molar-refractivity contribution in [1.82, 2.24) is 19.9 Å². The van der Waals surface area contributed by atoms with Gasteiger partial charge < -0.3 is 9.88 Å². The van der Waals surface area contributed by atoms with Crippen LogP contribution in [0.2, 0.25) is 0 Å². The number of nitrogens with zero attached hydrogens (tertiary/aromatic N) is 8. The Morgan fingerprint density at radius 3 is 2.91 bits per heavy atom. The molecule has 4 atom stereocenters. The van der Waals surface area contributed by atoms with Crippen LogP contribution in [0.3, 0.4) is 0 Å². The summed E-state index contributed by atoms with van der Waals surface area (Å²) in [6, 6.07) is 10.4. The van der Waals surface area contributed by atoms with E-state index in [4.69, 9.17) is 0 Å². The predicted octanol–water partition coefficient (Wildman–Crippen LogP) is 3.11. The van der Waals surface area contributed by atoms with Crippen molar-refractivity contribution < 1.29 is 8.78 Å². The molecular weight excluding hydrogens is 452 g/mol. The van der Waals surface area contributed by atoms with Crippen LogP contribution in [0, 0.1) is 34.5 Å². The maximum Gasteiger partial charge on any atom is 0.257 e. The molecule has 1 saturated carbocycles. The van der Waals surface area contributed by atoms with Crippen LogP contribution in [0.5, 0.6) is 0 Å². The molecule has 180 valence electrons. The molecule has 0 amide bonds. The van der Waals surface area contributed by atoms with Crippen LogP contribution in [0.1, 0.15) is 37.3 Å². The summed E-state index contributed by atoms with van der Waals surface area (Å²) in [5, 5.41) is 28.0. The molecule has 1 aromatic carbocycles. The highest BCUT2D eigenvalue weighted by atomic mass is 19.3. The van der Waals surface area contributed by atoms with E-state index < -0.39 is 18.9 Å². The van der Waals surface area contributed by atoms with Crippen LogP contribution in [0.4, 0.5) is 8.78 Å². The quantitative estimate of drug-likeness (QED) is 0.710. The number of hydrogen-bond acceptors (Lipinski definition) is 8. The van der Waals surface area contributed by atoms with Crippen LogP contribution in [0.25, 0.3) is 11.0 Å². The van der Waals surface area contributed by atoms with E-state index in [-0.39, 0.29) is 31.1 Å². The molecule has 5 rings (SSSR count). The minimum Gasteiger partial charge on any atom is -0.352 e. The van der Waals surface area contributed by atoms with Gasteiger partial charge in [-0.3, -0.25) is 5.01 Å². The first-order chi connectivity index (χ1) is 17.1. The summed E-state index contributed by atoms with van der Waals surface area (Å²) in [5.74, 6) is -0.304. The van der Waals surface area contributed by atoms with Crippen molar-refractivity contribution in [3.63, 3.8) is 0 Å². The van der Waals surface area contributed by atoms with Crippen molar-refractivity contribution in [2.75, 3.05) is 19.6 Å². The zero-order chi connectivity index (χ0) is 24.4. The molecule has 9 nitrogen and oxygen atoms in total. The average molecular weight is 478 g/mol. The molecule has 3 aliphatic rings. The molecule has 35 heavy (non-hydrogen) atoms. The zero-order valence-electron chi connectivity index (χ0n) is 19.1. The second-order valence-electron chi connectivity index (χ2n) is 9.12. The van der Waals surface area contributed by atoms with Gasteiger partial charge in [-0.2, -0.15) is 15.6 Å². The normalized spacial score (nSPS) is 26.4. The number of aromatic nitrogens is 2. The molecule has 0 saturated heterocycles. The Morgan fingerprint density at radius 2 is 2.11 bits per heavy atom. The molecule has 1 N–H and O–H groups in total. The number of nitrogens with one attached hydrogen (secondary N) is 1. The minimum absolute atomic E-state index is 0.121. The predicted molar refractivity (Wildman–Crippen MR) is 127 cm³/mol. The van der Waals surface area contributed by atoms with Crippen molar-refractivity contribution >= 4 is 28.9 Å². The summed E-state index contributed by atoms with van der Waals surface area (Å²) in [4.78, 5) is 13.6. The van der Waals surface area contributed by atoms with Gasteiger partial charge in [-0.05, 0) is 37.8 Å². The third-order valence-electron chi connectivity index (χ3n) is 6.81. The lowest BCUT2D eigenvalue weighted by atomic mass is 9.90. The largest absolute Gasteiger partial charge is 0.352 e. The number of hydrazone groups is 1. The molecule has 2 aromatic rings. The second-order valence-corrected chi connectivity index (χ2v) is 9.12. The fraction of sp³-hybridized carbons (Fsp3) is 0.500. The van der Waals surface area contributed by atoms with E-state index in [1.54, 1.807) is 6.21 Å². The lowest BCUT2D eigenvalue weighted by molar-refractivity contribution is 0.0938. The van der Waals surface area contributed by atoms with Crippen LogP contribution in [-0.4, -0.2) is 64.5 Å². The second kappa shape index (κ2) is 9.79. The van der Waals surface area contributed by atoms with Crippen LogP contribution in [0.15, 0.2) is 39.6 Å². The molecule has 3 heterocycles. The first-order valence-corrected chi connectivity index (χ1v) is 11.8. The summed E-state index contributed by atoms with van der Waals surface area (Å²) in [6.45, 7) is 0.135. The van der Waals surface area contributed by atoms with Gasteiger partial charge in [0.05, 0.1) is 53.7 Å². The number of fused-ring (bicyclic) bond motifs is 1. The first kappa shape index (κ1) is 22.9. The molecule has 1 aliphatic carbocycles. The smallest absolute Gasteiger partial charge is 0.257 e. The fourth-order valence-electron chi connectivity index (χ4n) is 5.17. The molecule has 2 aliphatic heterocycles. The minimum atomic E-state index is -2.47. The van der Waals surface area contributed by atoms with E-state index >= 15 is 0 Å². The molecule has 11 heteroatoms. The van der Waals surface area contributed by atoms with Crippen LogP contribution < -0.4 is 5.32 Å².